The SMILES string of the molecule is COc1ccc(NC(=O)Cn2cc(CN)nn2)cc1OC. The molecule has 0 aliphatic heterocycles. The molecule has 8 nitrogen and oxygen atoms in total. The van der Waals surface area contributed by atoms with Gasteiger partial charge >= 0.3 is 0 Å². The van der Waals surface area contributed by atoms with E-state index in [-0.39, 0.29) is 19.0 Å². The first-order valence-electron chi connectivity index (χ1n) is 6.27. The second-order valence-electron chi connectivity index (χ2n) is 4.23. The molecule has 0 spiro atoms. The minimum absolute atomic E-state index is 0.0569. The lowest BCUT2D eigenvalue weighted by atomic mass is 10.2. The van der Waals surface area contributed by atoms with E-state index in [0.717, 1.165) is 0 Å². The standard InChI is InChI=1S/C13H17N5O3/c1-20-11-4-3-9(5-12(11)21-2)15-13(19)8-18-7-10(6-14)16-17-18/h3-5,7H,6,8,14H2,1-2H3,(H,15,19). The number of amides is 1. The minimum atomic E-state index is -0.226. The number of benzene rings is 1. The molecule has 3 N–H and O–H groups in total. The van der Waals surface area contributed by atoms with Crippen molar-refractivity contribution in [2.45, 2.75) is 13.1 Å². The lowest BCUT2D eigenvalue weighted by Gasteiger charge is -2.10. The second kappa shape index (κ2) is 6.71. The monoisotopic (exact) mass is 291 g/mol. The van der Waals surface area contributed by atoms with E-state index >= 15 is 0 Å². The highest BCUT2D eigenvalue weighted by Gasteiger charge is 2.09. The van der Waals surface area contributed by atoms with Crippen molar-refractivity contribution >= 4 is 11.6 Å². The summed E-state index contributed by atoms with van der Waals surface area (Å²) in [5, 5.41) is 10.4. The molecule has 1 aromatic heterocycles. The highest BCUT2D eigenvalue weighted by Crippen LogP contribution is 2.29. The summed E-state index contributed by atoms with van der Waals surface area (Å²) in [6, 6.07) is 5.13. The van der Waals surface area contributed by atoms with Gasteiger partial charge in [0.2, 0.25) is 5.91 Å². The molecule has 1 heterocycles. The maximum absolute atomic E-state index is 11.9. The average molecular weight is 291 g/mol. The number of nitrogens with one attached hydrogen (secondary N) is 1. The first kappa shape index (κ1) is 14.8. The lowest BCUT2D eigenvalue weighted by molar-refractivity contribution is -0.116. The third-order valence-electron chi connectivity index (χ3n) is 2.77. The van der Waals surface area contributed by atoms with Crippen LogP contribution in [0.3, 0.4) is 0 Å². The van der Waals surface area contributed by atoms with Crippen LogP contribution in [0, 0.1) is 0 Å². The van der Waals surface area contributed by atoms with E-state index in [1.165, 1.54) is 11.8 Å². The van der Waals surface area contributed by atoms with E-state index < -0.39 is 0 Å². The summed E-state index contributed by atoms with van der Waals surface area (Å²) in [5.41, 5.74) is 6.68. The number of aromatic nitrogens is 3. The van der Waals surface area contributed by atoms with E-state index in [1.807, 2.05) is 0 Å². The molecule has 0 fully saturated rings. The smallest absolute Gasteiger partial charge is 0.246 e. The van der Waals surface area contributed by atoms with Gasteiger partial charge < -0.3 is 20.5 Å². The van der Waals surface area contributed by atoms with Gasteiger partial charge in [-0.15, -0.1) is 5.10 Å². The van der Waals surface area contributed by atoms with Gasteiger partial charge in [0.1, 0.15) is 6.54 Å². The van der Waals surface area contributed by atoms with E-state index in [4.69, 9.17) is 15.2 Å². The number of methoxy groups -OCH3 is 2. The van der Waals surface area contributed by atoms with Crippen LogP contribution >= 0.6 is 0 Å². The number of nitrogens with zero attached hydrogens (tertiary/aromatic N) is 3. The first-order chi connectivity index (χ1) is 10.2. The zero-order valence-electron chi connectivity index (χ0n) is 11.9. The second-order valence-corrected chi connectivity index (χ2v) is 4.23. The van der Waals surface area contributed by atoms with Crippen LogP contribution in [0.5, 0.6) is 11.5 Å². The Morgan fingerprint density at radius 3 is 2.71 bits per heavy atom. The molecule has 0 atom stereocenters. The fourth-order valence-corrected chi connectivity index (χ4v) is 1.77. The van der Waals surface area contributed by atoms with E-state index in [0.29, 0.717) is 22.9 Å². The highest BCUT2D eigenvalue weighted by molar-refractivity contribution is 5.90. The summed E-state index contributed by atoms with van der Waals surface area (Å²) >= 11 is 0. The van der Waals surface area contributed by atoms with Crippen LogP contribution in [0.15, 0.2) is 24.4 Å². The maximum atomic E-state index is 11.9. The highest BCUT2D eigenvalue weighted by atomic mass is 16.5. The zero-order valence-corrected chi connectivity index (χ0v) is 11.9. The van der Waals surface area contributed by atoms with Crippen molar-refractivity contribution in [2.24, 2.45) is 5.73 Å². The number of hydrogen-bond acceptors (Lipinski definition) is 6. The number of ether oxygens (including phenoxy) is 2. The van der Waals surface area contributed by atoms with Crippen LogP contribution in [0.4, 0.5) is 5.69 Å². The third kappa shape index (κ3) is 3.69. The molecule has 21 heavy (non-hydrogen) atoms. The number of hydrogen-bond donors (Lipinski definition) is 2. The van der Waals surface area contributed by atoms with Crippen LogP contribution < -0.4 is 20.5 Å². The summed E-state index contributed by atoms with van der Waals surface area (Å²) in [7, 11) is 3.09. The number of carbonyl (C=O) groups is 1. The van der Waals surface area contributed by atoms with Crippen LogP contribution in [-0.4, -0.2) is 35.1 Å². The normalized spacial score (nSPS) is 10.2. The number of carbonyl (C=O) groups excluding carboxylic acids is 1. The summed E-state index contributed by atoms with van der Waals surface area (Å²) in [4.78, 5) is 11.9. The van der Waals surface area contributed by atoms with Crippen molar-refractivity contribution in [3.63, 3.8) is 0 Å². The zero-order chi connectivity index (χ0) is 15.2. The molecule has 0 aliphatic rings. The summed E-state index contributed by atoms with van der Waals surface area (Å²) < 4.78 is 11.7. The predicted molar refractivity (Wildman–Crippen MR) is 76.1 cm³/mol. The van der Waals surface area contributed by atoms with Gasteiger partial charge in [0.05, 0.1) is 26.1 Å². The van der Waals surface area contributed by atoms with Crippen molar-refractivity contribution in [2.75, 3.05) is 19.5 Å². The topological polar surface area (TPSA) is 104 Å². The van der Waals surface area contributed by atoms with Crippen LogP contribution in [0.2, 0.25) is 0 Å². The molecule has 0 radical (unpaired) electrons. The molecular formula is C13H17N5O3. The molecule has 0 saturated heterocycles. The summed E-state index contributed by atoms with van der Waals surface area (Å²) in [6.45, 7) is 0.346. The average Bonchev–Trinajstić information content (AvgIpc) is 2.94. The Morgan fingerprint density at radius 2 is 2.10 bits per heavy atom. The van der Waals surface area contributed by atoms with Gasteiger partial charge in [0, 0.05) is 18.3 Å². The molecule has 0 saturated carbocycles. The third-order valence-corrected chi connectivity index (χ3v) is 2.77. The summed E-state index contributed by atoms with van der Waals surface area (Å²) in [5.74, 6) is 0.913. The fraction of sp³-hybridized carbons (Fsp3) is 0.308. The van der Waals surface area contributed by atoms with Crippen molar-refractivity contribution in [1.82, 2.24) is 15.0 Å². The Bertz CT molecular complexity index is 626. The maximum Gasteiger partial charge on any atom is 0.246 e. The van der Waals surface area contributed by atoms with Gasteiger partial charge in [0.25, 0.3) is 0 Å². The van der Waals surface area contributed by atoms with Gasteiger partial charge in [-0.05, 0) is 12.1 Å². The van der Waals surface area contributed by atoms with Gasteiger partial charge in [-0.25, -0.2) is 4.68 Å². The molecule has 2 rings (SSSR count). The minimum Gasteiger partial charge on any atom is -0.493 e. The quantitative estimate of drug-likeness (QED) is 0.798. The largest absolute Gasteiger partial charge is 0.493 e. The Balaban J connectivity index is 2.02. The van der Waals surface area contributed by atoms with Crippen LogP contribution in [-0.2, 0) is 17.9 Å². The van der Waals surface area contributed by atoms with Gasteiger partial charge in [-0.3, -0.25) is 4.79 Å². The molecule has 0 aliphatic carbocycles. The summed E-state index contributed by atoms with van der Waals surface area (Å²) in [6.07, 6.45) is 1.63. The van der Waals surface area contributed by atoms with Crippen LogP contribution in [0.1, 0.15) is 5.69 Å². The van der Waals surface area contributed by atoms with Gasteiger partial charge in [-0.2, -0.15) is 0 Å². The molecule has 2 aromatic rings. The van der Waals surface area contributed by atoms with Crippen molar-refractivity contribution in [3.05, 3.63) is 30.1 Å². The number of rotatable bonds is 6. The molecule has 0 bridgehead atoms. The predicted octanol–water partition coefficient (Wildman–Crippen LogP) is 0.393. The Hall–Kier alpha value is -2.61. The molecule has 112 valence electrons. The first-order valence-corrected chi connectivity index (χ1v) is 6.27. The molecular weight excluding hydrogens is 274 g/mol. The van der Waals surface area contributed by atoms with Crippen molar-refractivity contribution in [1.29, 1.82) is 0 Å². The van der Waals surface area contributed by atoms with Crippen LogP contribution in [0.25, 0.3) is 0 Å². The fourth-order valence-electron chi connectivity index (χ4n) is 1.77. The van der Waals surface area contributed by atoms with E-state index in [9.17, 15) is 4.79 Å². The number of nitrogens with two attached hydrogens (primary N) is 1. The Morgan fingerprint density at radius 1 is 1.33 bits per heavy atom. The Kier molecular flexibility index (Phi) is 4.72. The Labute approximate surface area is 121 Å². The van der Waals surface area contributed by atoms with Crippen molar-refractivity contribution < 1.29 is 14.3 Å². The lowest BCUT2D eigenvalue weighted by Crippen LogP contribution is -2.19. The number of anilines is 1. The molecule has 1 aromatic carbocycles. The molecule has 0 unspecified atom stereocenters. The van der Waals surface area contributed by atoms with E-state index in [2.05, 4.69) is 15.6 Å². The molecule has 8 heteroatoms. The van der Waals surface area contributed by atoms with Gasteiger partial charge in [-0.1, -0.05) is 5.21 Å². The van der Waals surface area contributed by atoms with E-state index in [1.54, 1.807) is 31.5 Å². The van der Waals surface area contributed by atoms with Gasteiger partial charge in [0.15, 0.2) is 11.5 Å². The molecule has 1 amide bonds. The van der Waals surface area contributed by atoms with Crippen molar-refractivity contribution in [3.8, 4) is 11.5 Å².